The third-order valence-corrected chi connectivity index (χ3v) is 5.68. The second-order valence-electron chi connectivity index (χ2n) is 7.07. The summed E-state index contributed by atoms with van der Waals surface area (Å²) < 4.78 is 0. The molecule has 0 radical (unpaired) electrons. The van der Waals surface area contributed by atoms with Crippen molar-refractivity contribution in [3.63, 3.8) is 0 Å². The molecule has 0 bridgehead atoms. The van der Waals surface area contributed by atoms with Gasteiger partial charge in [0.15, 0.2) is 0 Å². The molecular formula is C18H24ClN3O2. The van der Waals surface area contributed by atoms with Crippen LogP contribution in [0, 0.1) is 11.8 Å². The van der Waals surface area contributed by atoms with Crippen molar-refractivity contribution in [2.75, 3.05) is 24.5 Å². The fourth-order valence-electron chi connectivity index (χ4n) is 4.38. The number of amides is 2. The van der Waals surface area contributed by atoms with Gasteiger partial charge < -0.3 is 15.5 Å². The van der Waals surface area contributed by atoms with E-state index in [0.29, 0.717) is 23.8 Å². The minimum atomic E-state index is 0. The number of rotatable bonds is 2. The van der Waals surface area contributed by atoms with Gasteiger partial charge in [-0.3, -0.25) is 9.59 Å². The van der Waals surface area contributed by atoms with Crippen LogP contribution in [0.4, 0.5) is 5.69 Å². The van der Waals surface area contributed by atoms with E-state index in [4.69, 9.17) is 5.73 Å². The maximum absolute atomic E-state index is 12.8. The van der Waals surface area contributed by atoms with E-state index < -0.39 is 0 Å². The van der Waals surface area contributed by atoms with Gasteiger partial charge in [-0.15, -0.1) is 12.4 Å². The average molecular weight is 350 g/mol. The largest absolute Gasteiger partial charge is 0.338 e. The molecule has 3 fully saturated rings. The third-order valence-electron chi connectivity index (χ3n) is 5.68. The maximum atomic E-state index is 12.8. The molecule has 0 spiro atoms. The number of carbonyl (C=O) groups excluding carboxylic acids is 2. The third kappa shape index (κ3) is 2.91. The molecule has 6 heteroatoms. The number of hydrogen-bond acceptors (Lipinski definition) is 3. The summed E-state index contributed by atoms with van der Waals surface area (Å²) in [7, 11) is 0. The van der Waals surface area contributed by atoms with Gasteiger partial charge in [0.2, 0.25) is 5.91 Å². The van der Waals surface area contributed by atoms with Gasteiger partial charge in [0.1, 0.15) is 0 Å². The Hall–Kier alpha value is -1.59. The Morgan fingerprint density at radius 3 is 2.75 bits per heavy atom. The normalized spacial score (nSPS) is 28.9. The molecule has 3 atom stereocenters. The predicted octanol–water partition coefficient (Wildman–Crippen LogP) is 2.04. The molecule has 1 saturated carbocycles. The van der Waals surface area contributed by atoms with Crippen LogP contribution in [-0.2, 0) is 4.79 Å². The molecule has 2 amide bonds. The first-order chi connectivity index (χ1) is 11.1. The van der Waals surface area contributed by atoms with Crippen molar-refractivity contribution in [2.45, 2.75) is 31.7 Å². The predicted molar refractivity (Wildman–Crippen MR) is 95.4 cm³/mol. The molecule has 3 unspecified atom stereocenters. The van der Waals surface area contributed by atoms with Crippen LogP contribution in [0.3, 0.4) is 0 Å². The highest BCUT2D eigenvalue weighted by atomic mass is 35.5. The first-order valence-electron chi connectivity index (χ1n) is 8.59. The minimum Gasteiger partial charge on any atom is -0.338 e. The molecule has 1 aliphatic carbocycles. The summed E-state index contributed by atoms with van der Waals surface area (Å²) in [5, 5.41) is 0. The molecule has 3 aliphatic rings. The monoisotopic (exact) mass is 349 g/mol. The van der Waals surface area contributed by atoms with Crippen LogP contribution in [0.15, 0.2) is 24.3 Å². The summed E-state index contributed by atoms with van der Waals surface area (Å²) >= 11 is 0. The molecule has 2 aliphatic heterocycles. The van der Waals surface area contributed by atoms with Crippen LogP contribution >= 0.6 is 12.4 Å². The van der Waals surface area contributed by atoms with Gasteiger partial charge in [0.25, 0.3) is 5.91 Å². The van der Waals surface area contributed by atoms with Gasteiger partial charge in [-0.1, -0.05) is 6.07 Å². The lowest BCUT2D eigenvalue weighted by molar-refractivity contribution is -0.117. The van der Waals surface area contributed by atoms with E-state index in [-0.39, 0.29) is 30.3 Å². The van der Waals surface area contributed by atoms with Gasteiger partial charge in [-0.2, -0.15) is 0 Å². The van der Waals surface area contributed by atoms with Gasteiger partial charge in [0, 0.05) is 43.3 Å². The highest BCUT2D eigenvalue weighted by Crippen LogP contribution is 2.37. The van der Waals surface area contributed by atoms with E-state index in [0.717, 1.165) is 44.6 Å². The van der Waals surface area contributed by atoms with E-state index in [1.54, 1.807) is 4.90 Å². The SMILES string of the molecule is Cl.NC1CCC2CN(C(=O)c3cccc(N4CCCC4=O)c3)CC12. The van der Waals surface area contributed by atoms with Gasteiger partial charge in [0.05, 0.1) is 0 Å². The minimum absolute atomic E-state index is 0. The Balaban J connectivity index is 0.00000169. The van der Waals surface area contributed by atoms with Crippen molar-refractivity contribution >= 4 is 29.9 Å². The van der Waals surface area contributed by atoms with Crippen molar-refractivity contribution in [3.8, 4) is 0 Å². The number of hydrogen-bond donors (Lipinski definition) is 1. The Bertz CT molecular complexity index is 651. The Morgan fingerprint density at radius 1 is 1.21 bits per heavy atom. The van der Waals surface area contributed by atoms with Gasteiger partial charge in [-0.25, -0.2) is 0 Å². The molecule has 2 saturated heterocycles. The highest BCUT2D eigenvalue weighted by Gasteiger charge is 2.42. The van der Waals surface area contributed by atoms with Crippen LogP contribution in [0.25, 0.3) is 0 Å². The standard InChI is InChI=1S/C18H23N3O2.ClH/c19-16-7-6-13-10-20(11-15(13)16)18(23)12-3-1-4-14(9-12)21-8-2-5-17(21)22;/h1,3-4,9,13,15-16H,2,5-8,10-11,19H2;1H. The molecular weight excluding hydrogens is 326 g/mol. The van der Waals surface area contributed by atoms with E-state index >= 15 is 0 Å². The summed E-state index contributed by atoms with van der Waals surface area (Å²) in [5.74, 6) is 1.25. The molecule has 130 valence electrons. The zero-order chi connectivity index (χ0) is 16.0. The second-order valence-corrected chi connectivity index (χ2v) is 7.07. The Morgan fingerprint density at radius 2 is 2.04 bits per heavy atom. The Labute approximate surface area is 148 Å². The molecule has 1 aromatic rings. The molecule has 4 rings (SSSR count). The van der Waals surface area contributed by atoms with E-state index in [2.05, 4.69) is 0 Å². The fraction of sp³-hybridized carbons (Fsp3) is 0.556. The first kappa shape index (κ1) is 17.2. The van der Waals surface area contributed by atoms with E-state index in [1.807, 2.05) is 29.2 Å². The number of halogens is 1. The summed E-state index contributed by atoms with van der Waals surface area (Å²) in [6.45, 7) is 2.35. The zero-order valence-corrected chi connectivity index (χ0v) is 14.5. The number of likely N-dealkylation sites (tertiary alicyclic amines) is 1. The van der Waals surface area contributed by atoms with Crippen molar-refractivity contribution < 1.29 is 9.59 Å². The van der Waals surface area contributed by atoms with Crippen molar-refractivity contribution in [3.05, 3.63) is 29.8 Å². The topological polar surface area (TPSA) is 66.6 Å². The first-order valence-corrected chi connectivity index (χ1v) is 8.59. The van der Waals surface area contributed by atoms with Crippen molar-refractivity contribution in [2.24, 2.45) is 17.6 Å². The number of nitrogens with two attached hydrogens (primary N) is 1. The molecule has 1 aromatic carbocycles. The smallest absolute Gasteiger partial charge is 0.253 e. The molecule has 2 heterocycles. The molecule has 5 nitrogen and oxygen atoms in total. The summed E-state index contributed by atoms with van der Waals surface area (Å²) in [4.78, 5) is 28.4. The molecule has 24 heavy (non-hydrogen) atoms. The Kier molecular flexibility index (Phi) is 4.83. The van der Waals surface area contributed by atoms with Crippen LogP contribution in [0.2, 0.25) is 0 Å². The fourth-order valence-corrected chi connectivity index (χ4v) is 4.38. The molecule has 0 aromatic heterocycles. The summed E-state index contributed by atoms with van der Waals surface area (Å²) in [6.07, 6.45) is 3.72. The number of benzene rings is 1. The van der Waals surface area contributed by atoms with Crippen LogP contribution in [-0.4, -0.2) is 42.4 Å². The quantitative estimate of drug-likeness (QED) is 0.888. The lowest BCUT2D eigenvalue weighted by Gasteiger charge is -2.20. The zero-order valence-electron chi connectivity index (χ0n) is 13.7. The van der Waals surface area contributed by atoms with Crippen molar-refractivity contribution in [1.29, 1.82) is 0 Å². The van der Waals surface area contributed by atoms with Crippen molar-refractivity contribution in [1.82, 2.24) is 4.90 Å². The van der Waals surface area contributed by atoms with E-state index in [9.17, 15) is 9.59 Å². The number of anilines is 1. The summed E-state index contributed by atoms with van der Waals surface area (Å²) in [5.41, 5.74) is 7.68. The van der Waals surface area contributed by atoms with Crippen LogP contribution in [0.5, 0.6) is 0 Å². The molecule has 2 N–H and O–H groups in total. The van der Waals surface area contributed by atoms with Gasteiger partial charge in [-0.05, 0) is 49.3 Å². The van der Waals surface area contributed by atoms with Gasteiger partial charge >= 0.3 is 0 Å². The lowest BCUT2D eigenvalue weighted by atomic mass is 9.98. The summed E-state index contributed by atoms with van der Waals surface area (Å²) in [6, 6.07) is 7.73. The second kappa shape index (κ2) is 6.73. The number of carbonyl (C=O) groups is 2. The lowest BCUT2D eigenvalue weighted by Crippen LogP contribution is -2.33. The highest BCUT2D eigenvalue weighted by molar-refractivity contribution is 5.99. The maximum Gasteiger partial charge on any atom is 0.253 e. The van der Waals surface area contributed by atoms with Crippen LogP contribution in [0.1, 0.15) is 36.0 Å². The van der Waals surface area contributed by atoms with E-state index in [1.165, 1.54) is 0 Å². The number of fused-ring (bicyclic) bond motifs is 1. The average Bonchev–Trinajstić information content (AvgIpc) is 3.25. The van der Waals surface area contributed by atoms with Crippen LogP contribution < -0.4 is 10.6 Å². The number of nitrogens with zero attached hydrogens (tertiary/aromatic N) is 2.